The summed E-state index contributed by atoms with van der Waals surface area (Å²) in [5.41, 5.74) is 7.72. The van der Waals surface area contributed by atoms with Crippen LogP contribution in [0.5, 0.6) is 0 Å². The van der Waals surface area contributed by atoms with Crippen LogP contribution in [0.3, 0.4) is 0 Å². The van der Waals surface area contributed by atoms with E-state index in [1.165, 1.54) is 0 Å². The normalized spacial score (nSPS) is 27.7. The van der Waals surface area contributed by atoms with Gasteiger partial charge in [0.05, 0.1) is 35.8 Å². The molecule has 0 aliphatic carbocycles. The Hall–Kier alpha value is -2.94. The molecule has 0 spiro atoms. The Morgan fingerprint density at radius 1 is 1.37 bits per heavy atom. The van der Waals surface area contributed by atoms with Crippen LogP contribution in [0, 0.1) is 22.7 Å². The summed E-state index contributed by atoms with van der Waals surface area (Å²) in [5.74, 6) is -0.148. The van der Waals surface area contributed by atoms with Gasteiger partial charge in [0.2, 0.25) is 11.8 Å². The fraction of sp³-hybridized carbons (Fsp3) is 0.545. The molecule has 0 saturated carbocycles. The lowest BCUT2D eigenvalue weighted by atomic mass is 10.0. The van der Waals surface area contributed by atoms with E-state index in [9.17, 15) is 14.9 Å². The molecule has 5 atom stereocenters. The van der Waals surface area contributed by atoms with Gasteiger partial charge in [-0.25, -0.2) is 0 Å². The summed E-state index contributed by atoms with van der Waals surface area (Å²) in [6.45, 7) is 3.57. The third-order valence-corrected chi connectivity index (χ3v) is 6.66. The molecule has 3 aliphatic rings. The minimum Gasteiger partial charge on any atom is -0.330 e. The van der Waals surface area contributed by atoms with Crippen LogP contribution in [0.25, 0.3) is 0 Å². The Kier molecular flexibility index (Phi) is 5.46. The summed E-state index contributed by atoms with van der Waals surface area (Å²) >= 11 is 0. The number of hydrogen-bond acceptors (Lipinski definition) is 6. The number of carbonyl (C=O) groups excluding carboxylic acids is 2. The van der Waals surface area contributed by atoms with Crippen molar-refractivity contribution in [2.75, 3.05) is 19.6 Å². The first-order chi connectivity index (χ1) is 14.4. The Balaban J connectivity index is 1.40. The standard InChI is InChI=1S/C22H26N6O2/c1-14(16-5-2-4-15(8-16)10-23)28-18-9-20(22(28)30)26(12-18)13-19(25)21(29)27-7-3-6-17(27)11-24/h2,4-5,8,14,17-20H,3,6-7,9,12-13,25H2,1H3/t14-,17+,18-,19+,20-/m1/s1. The molecule has 2 amide bonds. The molecule has 8 heteroatoms. The molecule has 0 radical (unpaired) electrons. The van der Waals surface area contributed by atoms with Crippen molar-refractivity contribution >= 4 is 11.8 Å². The maximum Gasteiger partial charge on any atom is 0.241 e. The molecule has 3 heterocycles. The Bertz CT molecular complexity index is 934. The molecule has 3 fully saturated rings. The number of carbonyl (C=O) groups is 2. The molecule has 3 aliphatic heterocycles. The highest BCUT2D eigenvalue weighted by Gasteiger charge is 2.51. The minimum absolute atomic E-state index is 0.0526. The van der Waals surface area contributed by atoms with E-state index in [-0.39, 0.29) is 36.0 Å². The average Bonchev–Trinajstić information content (AvgIpc) is 3.47. The maximum absolute atomic E-state index is 13.1. The number of fused-ring (bicyclic) bond motifs is 2. The SMILES string of the molecule is C[C@H](c1cccc(C#N)c1)N1C(=O)[C@H]2C[C@@H]1CN2C[C@H](N)C(=O)N1CCC[C@H]1C#N. The summed E-state index contributed by atoms with van der Waals surface area (Å²) in [4.78, 5) is 31.3. The first-order valence-corrected chi connectivity index (χ1v) is 10.5. The van der Waals surface area contributed by atoms with Crippen LogP contribution >= 0.6 is 0 Å². The predicted molar refractivity (Wildman–Crippen MR) is 109 cm³/mol. The Morgan fingerprint density at radius 3 is 2.87 bits per heavy atom. The summed E-state index contributed by atoms with van der Waals surface area (Å²) in [5, 5.41) is 18.4. The summed E-state index contributed by atoms with van der Waals surface area (Å²) in [7, 11) is 0. The molecule has 3 saturated heterocycles. The molecular formula is C22H26N6O2. The zero-order chi connectivity index (χ0) is 21.4. The van der Waals surface area contributed by atoms with Crippen LogP contribution < -0.4 is 5.73 Å². The number of piperazine rings is 1. The van der Waals surface area contributed by atoms with E-state index >= 15 is 0 Å². The van der Waals surface area contributed by atoms with E-state index in [1.807, 2.05) is 34.9 Å². The van der Waals surface area contributed by atoms with Crippen molar-refractivity contribution < 1.29 is 9.59 Å². The third kappa shape index (κ3) is 3.43. The average molecular weight is 406 g/mol. The van der Waals surface area contributed by atoms with Crippen molar-refractivity contribution in [3.8, 4) is 12.1 Å². The van der Waals surface area contributed by atoms with Gasteiger partial charge in [0.25, 0.3) is 0 Å². The van der Waals surface area contributed by atoms with Crippen LogP contribution in [0.2, 0.25) is 0 Å². The van der Waals surface area contributed by atoms with Gasteiger partial charge in [-0.15, -0.1) is 0 Å². The number of nitrogens with zero attached hydrogens (tertiary/aromatic N) is 5. The first kappa shape index (κ1) is 20.3. The zero-order valence-corrected chi connectivity index (χ0v) is 17.1. The second-order valence-corrected chi connectivity index (χ2v) is 8.44. The summed E-state index contributed by atoms with van der Waals surface area (Å²) in [6.07, 6.45) is 2.25. The molecule has 8 nitrogen and oxygen atoms in total. The third-order valence-electron chi connectivity index (χ3n) is 6.66. The molecule has 1 aromatic carbocycles. The molecule has 156 valence electrons. The number of hydrogen-bond donors (Lipinski definition) is 1. The van der Waals surface area contributed by atoms with Crippen molar-refractivity contribution in [2.45, 2.75) is 56.4 Å². The van der Waals surface area contributed by atoms with Gasteiger partial charge in [0.1, 0.15) is 6.04 Å². The Morgan fingerprint density at radius 2 is 2.17 bits per heavy atom. The van der Waals surface area contributed by atoms with E-state index < -0.39 is 6.04 Å². The largest absolute Gasteiger partial charge is 0.330 e. The van der Waals surface area contributed by atoms with Gasteiger partial charge in [-0.1, -0.05) is 12.1 Å². The molecule has 30 heavy (non-hydrogen) atoms. The van der Waals surface area contributed by atoms with Crippen LogP contribution in [0.15, 0.2) is 24.3 Å². The Labute approximate surface area is 176 Å². The first-order valence-electron chi connectivity index (χ1n) is 10.5. The fourth-order valence-electron chi connectivity index (χ4n) is 5.14. The van der Waals surface area contributed by atoms with Crippen LogP contribution in [-0.2, 0) is 9.59 Å². The quantitative estimate of drug-likeness (QED) is 0.771. The number of nitriles is 2. The molecular weight excluding hydrogens is 380 g/mol. The number of nitrogens with two attached hydrogens (primary N) is 1. The molecule has 0 aromatic heterocycles. The summed E-state index contributed by atoms with van der Waals surface area (Å²) < 4.78 is 0. The van der Waals surface area contributed by atoms with Gasteiger partial charge in [-0.3, -0.25) is 14.5 Å². The number of amides is 2. The van der Waals surface area contributed by atoms with E-state index in [0.29, 0.717) is 31.6 Å². The van der Waals surface area contributed by atoms with Crippen molar-refractivity contribution in [3.05, 3.63) is 35.4 Å². The molecule has 4 rings (SSSR count). The lowest BCUT2D eigenvalue weighted by Gasteiger charge is -2.38. The van der Waals surface area contributed by atoms with Crippen molar-refractivity contribution in [1.82, 2.24) is 14.7 Å². The van der Waals surface area contributed by atoms with Gasteiger partial charge in [-0.05, 0) is 43.9 Å². The smallest absolute Gasteiger partial charge is 0.241 e. The topological polar surface area (TPSA) is 117 Å². The van der Waals surface area contributed by atoms with Gasteiger partial charge in [0, 0.05) is 25.7 Å². The van der Waals surface area contributed by atoms with E-state index in [2.05, 4.69) is 12.1 Å². The van der Waals surface area contributed by atoms with Crippen molar-refractivity contribution in [1.29, 1.82) is 10.5 Å². The molecule has 1 aromatic rings. The lowest BCUT2D eigenvalue weighted by molar-refractivity contribution is -0.140. The highest BCUT2D eigenvalue weighted by atomic mass is 16.2. The van der Waals surface area contributed by atoms with Crippen molar-refractivity contribution in [3.63, 3.8) is 0 Å². The highest BCUT2D eigenvalue weighted by molar-refractivity contribution is 5.87. The second-order valence-electron chi connectivity index (χ2n) is 8.44. The molecule has 0 unspecified atom stereocenters. The zero-order valence-electron chi connectivity index (χ0n) is 17.1. The van der Waals surface area contributed by atoms with Crippen molar-refractivity contribution in [2.24, 2.45) is 5.73 Å². The van der Waals surface area contributed by atoms with Crippen LogP contribution in [-0.4, -0.2) is 70.3 Å². The molecule has 2 bridgehead atoms. The van der Waals surface area contributed by atoms with Gasteiger partial charge < -0.3 is 15.5 Å². The monoisotopic (exact) mass is 406 g/mol. The second kappa shape index (κ2) is 8.06. The van der Waals surface area contributed by atoms with Gasteiger partial charge in [0.15, 0.2) is 0 Å². The van der Waals surface area contributed by atoms with Gasteiger partial charge in [-0.2, -0.15) is 10.5 Å². The fourth-order valence-corrected chi connectivity index (χ4v) is 5.14. The molecule has 2 N–H and O–H groups in total. The van der Waals surface area contributed by atoms with Gasteiger partial charge >= 0.3 is 0 Å². The maximum atomic E-state index is 13.1. The number of likely N-dealkylation sites (tertiary alicyclic amines) is 3. The number of rotatable bonds is 5. The van der Waals surface area contributed by atoms with Crippen LogP contribution in [0.4, 0.5) is 0 Å². The number of benzene rings is 1. The van der Waals surface area contributed by atoms with E-state index in [1.54, 1.807) is 11.0 Å². The lowest BCUT2D eigenvalue weighted by Crippen LogP contribution is -2.56. The van der Waals surface area contributed by atoms with E-state index in [0.717, 1.165) is 18.4 Å². The van der Waals surface area contributed by atoms with E-state index in [4.69, 9.17) is 11.0 Å². The minimum atomic E-state index is -0.732. The highest BCUT2D eigenvalue weighted by Crippen LogP contribution is 2.38. The summed E-state index contributed by atoms with van der Waals surface area (Å²) in [6, 6.07) is 10.3. The van der Waals surface area contributed by atoms with Crippen LogP contribution in [0.1, 0.15) is 43.4 Å². The predicted octanol–water partition coefficient (Wildman–Crippen LogP) is 0.746.